The predicted octanol–water partition coefficient (Wildman–Crippen LogP) is 5.02. The molecule has 8 heteroatoms. The molecule has 182 valence electrons. The zero-order valence-corrected chi connectivity index (χ0v) is 21.6. The Bertz CT molecular complexity index is 1360. The van der Waals surface area contributed by atoms with Crippen LogP contribution in [0.25, 0.3) is 22.3 Å². The molecule has 0 aliphatic carbocycles. The van der Waals surface area contributed by atoms with Crippen molar-refractivity contribution in [3.05, 3.63) is 64.0 Å². The maximum Gasteiger partial charge on any atom is 0.263 e. The molecule has 1 fully saturated rings. The van der Waals surface area contributed by atoms with Gasteiger partial charge in [0.15, 0.2) is 0 Å². The molecule has 35 heavy (non-hydrogen) atoms. The first-order valence-electron chi connectivity index (χ1n) is 12.2. The van der Waals surface area contributed by atoms with Gasteiger partial charge in [0, 0.05) is 35.1 Å². The first-order chi connectivity index (χ1) is 16.8. The summed E-state index contributed by atoms with van der Waals surface area (Å²) in [7, 11) is 0. The third-order valence-electron chi connectivity index (χ3n) is 6.64. The lowest BCUT2D eigenvalue weighted by molar-refractivity contribution is 0.0954. The second-order valence-corrected chi connectivity index (χ2v) is 11.3. The van der Waals surface area contributed by atoms with Crippen molar-refractivity contribution in [2.45, 2.75) is 58.5 Å². The summed E-state index contributed by atoms with van der Waals surface area (Å²) in [5.41, 5.74) is 5.14. The summed E-state index contributed by atoms with van der Waals surface area (Å²) in [6.45, 7) is 10.9. The number of nitrogens with zero attached hydrogens (tertiary/aromatic N) is 4. The molecule has 0 bridgehead atoms. The molecule has 0 spiro atoms. The fraction of sp³-hybridized carbons (Fsp3) is 0.407. The number of fused-ring (bicyclic) bond motifs is 1. The number of aryl methyl sites for hydroxylation is 1. The first kappa shape index (κ1) is 23.6. The van der Waals surface area contributed by atoms with Crippen molar-refractivity contribution in [1.82, 2.24) is 30.2 Å². The summed E-state index contributed by atoms with van der Waals surface area (Å²) in [5.74, 6) is -0.0850. The van der Waals surface area contributed by atoms with E-state index in [4.69, 9.17) is 0 Å². The van der Waals surface area contributed by atoms with Crippen LogP contribution in [0.5, 0.6) is 0 Å². The largest absolute Gasteiger partial charge is 0.347 e. The summed E-state index contributed by atoms with van der Waals surface area (Å²) in [5, 5.41) is 8.52. The number of benzene rings is 1. The van der Waals surface area contributed by atoms with E-state index in [2.05, 4.69) is 88.3 Å². The molecule has 1 aromatic carbocycles. The summed E-state index contributed by atoms with van der Waals surface area (Å²) in [6, 6.07) is 8.92. The fourth-order valence-electron chi connectivity index (χ4n) is 4.61. The van der Waals surface area contributed by atoms with Crippen molar-refractivity contribution in [3.63, 3.8) is 0 Å². The van der Waals surface area contributed by atoms with Gasteiger partial charge in [0.05, 0.1) is 16.9 Å². The molecule has 0 unspecified atom stereocenters. The average Bonchev–Trinajstić information content (AvgIpc) is 3.51. The summed E-state index contributed by atoms with van der Waals surface area (Å²) in [6.07, 6.45) is 7.72. The molecule has 0 radical (unpaired) electrons. The van der Waals surface area contributed by atoms with Gasteiger partial charge in [0.25, 0.3) is 5.91 Å². The van der Waals surface area contributed by atoms with E-state index in [9.17, 15) is 4.79 Å². The van der Waals surface area contributed by atoms with Crippen LogP contribution in [0.2, 0.25) is 0 Å². The lowest BCUT2D eigenvalue weighted by atomic mass is 9.98. The molecule has 2 N–H and O–H groups in total. The number of hydrogen-bond donors (Lipinski definition) is 2. The summed E-state index contributed by atoms with van der Waals surface area (Å²) >= 11 is 1.46. The van der Waals surface area contributed by atoms with E-state index in [0.717, 1.165) is 64.4 Å². The normalized spacial score (nSPS) is 15.0. The minimum atomic E-state index is -0.0850. The van der Waals surface area contributed by atoms with Gasteiger partial charge in [-0.05, 0) is 56.1 Å². The Morgan fingerprint density at radius 1 is 1.17 bits per heavy atom. The minimum absolute atomic E-state index is 0.0589. The van der Waals surface area contributed by atoms with Gasteiger partial charge in [-0.25, -0.2) is 15.0 Å². The van der Waals surface area contributed by atoms with Crippen molar-refractivity contribution in [1.29, 1.82) is 0 Å². The Hall–Kier alpha value is -3.10. The van der Waals surface area contributed by atoms with Crippen LogP contribution in [0.15, 0.2) is 43.0 Å². The van der Waals surface area contributed by atoms with E-state index in [1.54, 1.807) is 12.5 Å². The van der Waals surface area contributed by atoms with Crippen LogP contribution in [0.4, 0.5) is 0 Å². The lowest BCUT2D eigenvalue weighted by Gasteiger charge is -2.24. The van der Waals surface area contributed by atoms with Crippen molar-refractivity contribution in [3.8, 4) is 11.3 Å². The molecular weight excluding hydrogens is 456 g/mol. The molecule has 4 aromatic rings. The van der Waals surface area contributed by atoms with E-state index in [1.807, 2.05) is 0 Å². The number of carbonyl (C=O) groups excluding carboxylic acids is 1. The molecule has 0 saturated carbocycles. The zero-order valence-electron chi connectivity index (χ0n) is 20.8. The second kappa shape index (κ2) is 9.51. The highest BCUT2D eigenvalue weighted by molar-refractivity contribution is 7.13. The van der Waals surface area contributed by atoms with E-state index in [-0.39, 0.29) is 11.3 Å². The molecule has 5 rings (SSSR count). The lowest BCUT2D eigenvalue weighted by Crippen LogP contribution is -2.29. The Balaban J connectivity index is 1.33. The van der Waals surface area contributed by atoms with Crippen LogP contribution in [-0.2, 0) is 12.0 Å². The number of aromatic nitrogens is 4. The number of amides is 1. The molecule has 3 aromatic heterocycles. The highest BCUT2D eigenvalue weighted by atomic mass is 32.1. The van der Waals surface area contributed by atoms with Gasteiger partial charge in [-0.3, -0.25) is 4.79 Å². The van der Waals surface area contributed by atoms with Gasteiger partial charge >= 0.3 is 0 Å². The van der Waals surface area contributed by atoms with Crippen LogP contribution in [-0.4, -0.2) is 38.5 Å². The Morgan fingerprint density at radius 2 is 1.97 bits per heavy atom. The molecule has 0 atom stereocenters. The van der Waals surface area contributed by atoms with Crippen LogP contribution in [0.1, 0.15) is 65.5 Å². The summed E-state index contributed by atoms with van der Waals surface area (Å²) < 4.78 is 2.31. The third kappa shape index (κ3) is 4.86. The number of thiazole rings is 1. The highest BCUT2D eigenvalue weighted by Crippen LogP contribution is 2.31. The zero-order chi connectivity index (χ0) is 24.6. The van der Waals surface area contributed by atoms with E-state index >= 15 is 0 Å². The van der Waals surface area contributed by atoms with Gasteiger partial charge in [0.1, 0.15) is 16.9 Å². The second-order valence-electron chi connectivity index (χ2n) is 10.3. The molecule has 1 aliphatic rings. The van der Waals surface area contributed by atoms with Crippen molar-refractivity contribution in [2.75, 3.05) is 13.1 Å². The monoisotopic (exact) mass is 488 g/mol. The number of hydrogen-bond acceptors (Lipinski definition) is 6. The standard InChI is InChI=1S/C27H32N6OS/c1-17-13-18(5-6-19(17)14-29-25(34)22-15-30-26(35-22)27(2,3)4)23-21-9-12-33(24(21)32-16-31-23)20-7-10-28-11-8-20/h5-6,9,12-13,15-16,20,28H,7-8,10-11,14H2,1-4H3,(H,29,34). The topological polar surface area (TPSA) is 84.7 Å². The van der Waals surface area contributed by atoms with E-state index in [0.29, 0.717) is 17.5 Å². The average molecular weight is 489 g/mol. The number of carbonyl (C=O) groups is 1. The number of rotatable bonds is 5. The van der Waals surface area contributed by atoms with Gasteiger partial charge < -0.3 is 15.2 Å². The molecule has 1 amide bonds. The van der Waals surface area contributed by atoms with E-state index in [1.165, 1.54) is 11.3 Å². The maximum atomic E-state index is 12.7. The van der Waals surface area contributed by atoms with Crippen LogP contribution >= 0.6 is 11.3 Å². The van der Waals surface area contributed by atoms with Crippen LogP contribution in [0, 0.1) is 6.92 Å². The molecule has 4 heterocycles. The van der Waals surface area contributed by atoms with Gasteiger partial charge in [0.2, 0.25) is 0 Å². The van der Waals surface area contributed by atoms with Crippen LogP contribution in [0.3, 0.4) is 0 Å². The molecule has 7 nitrogen and oxygen atoms in total. The van der Waals surface area contributed by atoms with Gasteiger partial charge in [-0.15, -0.1) is 11.3 Å². The van der Waals surface area contributed by atoms with Crippen molar-refractivity contribution >= 4 is 28.3 Å². The summed E-state index contributed by atoms with van der Waals surface area (Å²) in [4.78, 5) is 27.0. The first-order valence-corrected chi connectivity index (χ1v) is 13.0. The SMILES string of the molecule is Cc1cc(-c2ncnc3c2ccn3C2CCNCC2)ccc1CNC(=O)c1cnc(C(C)(C)C)s1. The fourth-order valence-corrected chi connectivity index (χ4v) is 5.50. The van der Waals surface area contributed by atoms with Gasteiger partial charge in [-0.2, -0.15) is 0 Å². The quantitative estimate of drug-likeness (QED) is 0.412. The Labute approximate surface area is 210 Å². The smallest absolute Gasteiger partial charge is 0.263 e. The molecular formula is C27H32N6OS. The minimum Gasteiger partial charge on any atom is -0.347 e. The molecule has 1 saturated heterocycles. The number of nitrogens with one attached hydrogen (secondary N) is 2. The maximum absolute atomic E-state index is 12.7. The highest BCUT2D eigenvalue weighted by Gasteiger charge is 2.21. The Morgan fingerprint density at radius 3 is 2.69 bits per heavy atom. The van der Waals surface area contributed by atoms with Crippen LogP contribution < -0.4 is 10.6 Å². The predicted molar refractivity (Wildman–Crippen MR) is 141 cm³/mol. The van der Waals surface area contributed by atoms with Crippen molar-refractivity contribution in [2.24, 2.45) is 0 Å². The van der Waals surface area contributed by atoms with Gasteiger partial charge in [-0.1, -0.05) is 32.9 Å². The van der Waals surface area contributed by atoms with E-state index < -0.39 is 0 Å². The Kier molecular flexibility index (Phi) is 6.42. The molecule has 1 aliphatic heterocycles. The third-order valence-corrected chi connectivity index (χ3v) is 8.06. The number of piperidine rings is 1. The van der Waals surface area contributed by atoms with Crippen molar-refractivity contribution < 1.29 is 4.79 Å².